The summed E-state index contributed by atoms with van der Waals surface area (Å²) in [5, 5.41) is 24.5. The molecule has 0 spiro atoms. The molecule has 2 N–H and O–H groups in total. The molecule has 0 aromatic heterocycles. The minimum atomic E-state index is -1.29. The molecular formula is C22H19N3O5. The molecule has 0 bridgehead atoms. The summed E-state index contributed by atoms with van der Waals surface area (Å²) in [7, 11) is 0. The lowest BCUT2D eigenvalue weighted by molar-refractivity contribution is -0.384. The van der Waals surface area contributed by atoms with Crippen LogP contribution in [0.3, 0.4) is 0 Å². The molecule has 3 aromatic rings. The molecule has 3 aromatic carbocycles. The van der Waals surface area contributed by atoms with Gasteiger partial charge in [-0.25, -0.2) is 5.43 Å². The summed E-state index contributed by atoms with van der Waals surface area (Å²) in [5.41, 5.74) is 4.36. The fourth-order valence-corrected chi connectivity index (χ4v) is 2.55. The number of nitrogens with one attached hydrogen (secondary N) is 1. The van der Waals surface area contributed by atoms with Gasteiger partial charge >= 0.3 is 0 Å². The van der Waals surface area contributed by atoms with Gasteiger partial charge in [0.1, 0.15) is 12.4 Å². The lowest BCUT2D eigenvalue weighted by atomic mass is 10.1. The smallest absolute Gasteiger partial charge is 0.273 e. The Morgan fingerprint density at radius 1 is 1.07 bits per heavy atom. The average molecular weight is 405 g/mol. The van der Waals surface area contributed by atoms with Gasteiger partial charge < -0.3 is 9.84 Å². The van der Waals surface area contributed by atoms with Gasteiger partial charge in [-0.15, -0.1) is 0 Å². The number of aliphatic hydroxyl groups excluding tert-OH is 1. The van der Waals surface area contributed by atoms with Crippen molar-refractivity contribution >= 4 is 17.8 Å². The number of nitro benzene ring substituents is 1. The highest BCUT2D eigenvalue weighted by Crippen LogP contribution is 2.16. The molecule has 8 nitrogen and oxygen atoms in total. The molecule has 0 aliphatic rings. The molecule has 0 saturated carbocycles. The summed E-state index contributed by atoms with van der Waals surface area (Å²) in [4.78, 5) is 22.1. The van der Waals surface area contributed by atoms with E-state index in [1.54, 1.807) is 66.7 Å². The summed E-state index contributed by atoms with van der Waals surface area (Å²) in [5.74, 6) is -0.00506. The van der Waals surface area contributed by atoms with Crippen LogP contribution in [0.25, 0.3) is 0 Å². The maximum Gasteiger partial charge on any atom is 0.273 e. The Morgan fingerprint density at radius 3 is 2.37 bits per heavy atom. The van der Waals surface area contributed by atoms with E-state index in [-0.39, 0.29) is 12.3 Å². The normalized spacial score (nSPS) is 11.8. The van der Waals surface area contributed by atoms with E-state index in [1.165, 1.54) is 18.3 Å². The molecule has 0 unspecified atom stereocenters. The highest BCUT2D eigenvalue weighted by molar-refractivity contribution is 5.85. The first kappa shape index (κ1) is 20.7. The van der Waals surface area contributed by atoms with Crippen molar-refractivity contribution in [1.29, 1.82) is 0 Å². The highest BCUT2D eigenvalue weighted by Gasteiger charge is 2.15. The van der Waals surface area contributed by atoms with Gasteiger partial charge in [0.15, 0.2) is 6.10 Å². The van der Waals surface area contributed by atoms with Gasteiger partial charge in [-0.3, -0.25) is 14.9 Å². The van der Waals surface area contributed by atoms with Gasteiger partial charge in [0.2, 0.25) is 0 Å². The van der Waals surface area contributed by atoms with Crippen molar-refractivity contribution in [3.8, 4) is 5.75 Å². The minimum absolute atomic E-state index is 0.0331. The largest absolute Gasteiger partial charge is 0.489 e. The lowest BCUT2D eigenvalue weighted by Gasteiger charge is -2.08. The van der Waals surface area contributed by atoms with Crippen molar-refractivity contribution in [3.05, 3.63) is 106 Å². The second-order valence-electron chi connectivity index (χ2n) is 6.33. The Morgan fingerprint density at radius 2 is 1.73 bits per heavy atom. The van der Waals surface area contributed by atoms with Crippen molar-refractivity contribution < 1.29 is 19.6 Å². The molecule has 0 aliphatic carbocycles. The van der Waals surface area contributed by atoms with Crippen molar-refractivity contribution in [2.75, 3.05) is 0 Å². The number of rotatable bonds is 8. The van der Waals surface area contributed by atoms with Crippen LogP contribution in [0.5, 0.6) is 5.75 Å². The zero-order chi connectivity index (χ0) is 21.3. The van der Waals surface area contributed by atoms with E-state index < -0.39 is 16.9 Å². The van der Waals surface area contributed by atoms with Gasteiger partial charge in [0.25, 0.3) is 11.6 Å². The van der Waals surface area contributed by atoms with Crippen molar-refractivity contribution in [3.63, 3.8) is 0 Å². The molecule has 1 amide bonds. The maximum absolute atomic E-state index is 11.9. The molecular weight excluding hydrogens is 386 g/mol. The molecule has 0 fully saturated rings. The van der Waals surface area contributed by atoms with Gasteiger partial charge in [-0.1, -0.05) is 30.3 Å². The topological polar surface area (TPSA) is 114 Å². The average Bonchev–Trinajstić information content (AvgIpc) is 2.78. The summed E-state index contributed by atoms with van der Waals surface area (Å²) >= 11 is 0. The molecule has 8 heteroatoms. The van der Waals surface area contributed by atoms with Gasteiger partial charge in [0.05, 0.1) is 11.1 Å². The predicted molar refractivity (Wildman–Crippen MR) is 111 cm³/mol. The molecule has 0 heterocycles. The standard InChI is InChI=1S/C22H19N3O5/c26-21(18-4-2-1-3-5-18)22(27)24-23-14-16-8-12-20(13-9-16)30-15-17-6-10-19(11-7-17)25(28)29/h1-14,21,26H,15H2,(H,24,27)/b23-14-/t21-/m1/s1. The first-order valence-corrected chi connectivity index (χ1v) is 9.05. The number of hydrogen-bond donors (Lipinski definition) is 2. The van der Waals surface area contributed by atoms with Gasteiger partial charge in [-0.05, 0) is 53.1 Å². The van der Waals surface area contributed by atoms with Crippen LogP contribution in [0.1, 0.15) is 22.8 Å². The van der Waals surface area contributed by atoms with E-state index >= 15 is 0 Å². The number of hydrogen-bond acceptors (Lipinski definition) is 6. The molecule has 0 saturated heterocycles. The zero-order valence-corrected chi connectivity index (χ0v) is 15.8. The number of amides is 1. The number of carbonyl (C=O) groups is 1. The highest BCUT2D eigenvalue weighted by atomic mass is 16.6. The zero-order valence-electron chi connectivity index (χ0n) is 15.8. The Hall–Kier alpha value is -4.04. The number of non-ortho nitro benzene ring substituents is 1. The van der Waals surface area contributed by atoms with E-state index in [0.717, 1.165) is 11.1 Å². The second-order valence-corrected chi connectivity index (χ2v) is 6.33. The van der Waals surface area contributed by atoms with Crippen LogP contribution in [0.15, 0.2) is 84.0 Å². The molecule has 3 rings (SSSR count). The molecule has 0 aliphatic heterocycles. The molecule has 0 radical (unpaired) electrons. The van der Waals surface area contributed by atoms with Crippen molar-refractivity contribution in [2.45, 2.75) is 12.7 Å². The van der Waals surface area contributed by atoms with Crippen LogP contribution in [-0.2, 0) is 11.4 Å². The maximum atomic E-state index is 11.9. The summed E-state index contributed by atoms with van der Waals surface area (Å²) < 4.78 is 5.65. The number of ether oxygens (including phenoxy) is 1. The summed E-state index contributed by atoms with van der Waals surface area (Å²) in [6, 6.07) is 21.7. The number of aliphatic hydroxyl groups is 1. The van der Waals surface area contributed by atoms with Crippen LogP contribution in [0, 0.1) is 10.1 Å². The van der Waals surface area contributed by atoms with Crippen LogP contribution < -0.4 is 10.2 Å². The van der Waals surface area contributed by atoms with E-state index in [1.807, 2.05) is 0 Å². The molecule has 1 atom stereocenters. The summed E-state index contributed by atoms with van der Waals surface area (Å²) in [6.45, 7) is 0.277. The fraction of sp³-hybridized carbons (Fsp3) is 0.0909. The fourth-order valence-electron chi connectivity index (χ4n) is 2.55. The van der Waals surface area contributed by atoms with Gasteiger partial charge in [0, 0.05) is 12.1 Å². The third kappa shape index (κ3) is 5.73. The number of hydrazone groups is 1. The third-order valence-electron chi connectivity index (χ3n) is 4.18. The number of nitro groups is 1. The number of benzene rings is 3. The van der Waals surface area contributed by atoms with Crippen LogP contribution in [0.4, 0.5) is 5.69 Å². The van der Waals surface area contributed by atoms with E-state index in [2.05, 4.69) is 10.5 Å². The Balaban J connectivity index is 1.49. The minimum Gasteiger partial charge on any atom is -0.489 e. The van der Waals surface area contributed by atoms with Crippen LogP contribution in [-0.4, -0.2) is 22.2 Å². The SMILES string of the molecule is O=C(N/N=C\c1ccc(OCc2ccc([N+](=O)[O-])cc2)cc1)[C@H](O)c1ccccc1. The lowest BCUT2D eigenvalue weighted by Crippen LogP contribution is -2.25. The van der Waals surface area contributed by atoms with Crippen molar-refractivity contribution in [2.24, 2.45) is 5.10 Å². The first-order chi connectivity index (χ1) is 14.5. The number of carbonyl (C=O) groups excluding carboxylic acids is 1. The first-order valence-electron chi connectivity index (χ1n) is 9.05. The summed E-state index contributed by atoms with van der Waals surface area (Å²) in [6.07, 6.45) is 0.161. The molecule has 30 heavy (non-hydrogen) atoms. The predicted octanol–water partition coefficient (Wildman–Crippen LogP) is 3.36. The Bertz CT molecular complexity index is 1020. The van der Waals surface area contributed by atoms with E-state index in [9.17, 15) is 20.0 Å². The van der Waals surface area contributed by atoms with Crippen LogP contribution in [0.2, 0.25) is 0 Å². The third-order valence-corrected chi connectivity index (χ3v) is 4.18. The molecule has 152 valence electrons. The monoisotopic (exact) mass is 405 g/mol. The van der Waals surface area contributed by atoms with E-state index in [0.29, 0.717) is 11.3 Å². The Labute approximate surface area is 172 Å². The van der Waals surface area contributed by atoms with Crippen LogP contribution >= 0.6 is 0 Å². The quantitative estimate of drug-likeness (QED) is 0.339. The van der Waals surface area contributed by atoms with Crippen molar-refractivity contribution in [1.82, 2.24) is 5.43 Å². The second kappa shape index (κ2) is 9.94. The number of nitrogens with zero attached hydrogens (tertiary/aromatic N) is 2. The van der Waals surface area contributed by atoms with E-state index in [4.69, 9.17) is 4.74 Å². The Kier molecular flexibility index (Phi) is 6.86. The van der Waals surface area contributed by atoms with Gasteiger partial charge in [-0.2, -0.15) is 5.10 Å².